The first-order valence-corrected chi connectivity index (χ1v) is 9.32. The Bertz CT molecular complexity index is 737. The molecule has 3 unspecified atom stereocenters. The SMILES string of the molecule is CCSC(C(C)=O)C1CC(=O)N1C(O)C(=O)OCc1ccc([N+](=O)[O-])cc1. The van der Waals surface area contributed by atoms with E-state index in [4.69, 9.17) is 4.74 Å². The van der Waals surface area contributed by atoms with E-state index in [1.165, 1.54) is 43.0 Å². The first-order chi connectivity index (χ1) is 12.8. The van der Waals surface area contributed by atoms with E-state index in [2.05, 4.69) is 0 Å². The van der Waals surface area contributed by atoms with Gasteiger partial charge >= 0.3 is 5.97 Å². The van der Waals surface area contributed by atoms with E-state index < -0.39 is 34.3 Å². The van der Waals surface area contributed by atoms with Crippen LogP contribution in [0.15, 0.2) is 24.3 Å². The minimum atomic E-state index is -1.80. The maximum absolute atomic E-state index is 12.1. The average molecular weight is 396 g/mol. The van der Waals surface area contributed by atoms with Gasteiger partial charge in [-0.1, -0.05) is 6.92 Å². The number of β-lactam (4-membered cyclic amide) rings is 1. The lowest BCUT2D eigenvalue weighted by atomic mass is 9.95. The Hall–Kier alpha value is -2.46. The normalized spacial score (nSPS) is 18.4. The highest BCUT2D eigenvalue weighted by Crippen LogP contribution is 2.32. The standard InChI is InChI=1S/C17H20N2O7S/c1-3-27-15(10(2)20)13-8-14(21)18(13)16(22)17(23)26-9-11-4-6-12(7-5-11)19(24)25/h4-7,13,15-16,22H,3,8-9H2,1-2H3. The Labute approximate surface area is 159 Å². The second kappa shape index (κ2) is 8.96. The predicted molar refractivity (Wildman–Crippen MR) is 96.8 cm³/mol. The van der Waals surface area contributed by atoms with E-state index in [0.29, 0.717) is 11.3 Å². The quantitative estimate of drug-likeness (QED) is 0.286. The number of nitro benzene ring substituents is 1. The molecule has 1 fully saturated rings. The van der Waals surface area contributed by atoms with E-state index in [0.717, 1.165) is 4.90 Å². The van der Waals surface area contributed by atoms with Crippen molar-refractivity contribution in [2.75, 3.05) is 5.75 Å². The van der Waals surface area contributed by atoms with Crippen LogP contribution in [0.4, 0.5) is 5.69 Å². The van der Waals surface area contributed by atoms with Crippen molar-refractivity contribution in [2.24, 2.45) is 0 Å². The number of carbonyl (C=O) groups excluding carboxylic acids is 3. The smallest absolute Gasteiger partial charge is 0.356 e. The van der Waals surface area contributed by atoms with Crippen molar-refractivity contribution in [3.8, 4) is 0 Å². The zero-order chi connectivity index (χ0) is 20.1. The lowest BCUT2D eigenvalue weighted by Gasteiger charge is -2.45. The molecule has 3 atom stereocenters. The van der Waals surface area contributed by atoms with Crippen LogP contribution in [0.2, 0.25) is 0 Å². The van der Waals surface area contributed by atoms with Gasteiger partial charge in [0.15, 0.2) is 0 Å². The van der Waals surface area contributed by atoms with Crippen LogP contribution in [0, 0.1) is 10.1 Å². The van der Waals surface area contributed by atoms with Crippen LogP contribution in [0.25, 0.3) is 0 Å². The Morgan fingerprint density at radius 2 is 2.04 bits per heavy atom. The zero-order valence-corrected chi connectivity index (χ0v) is 15.7. The molecule has 1 saturated heterocycles. The van der Waals surface area contributed by atoms with Gasteiger partial charge < -0.3 is 14.7 Å². The summed E-state index contributed by atoms with van der Waals surface area (Å²) in [7, 11) is 0. The maximum Gasteiger partial charge on any atom is 0.356 e. The molecule has 27 heavy (non-hydrogen) atoms. The van der Waals surface area contributed by atoms with Crippen molar-refractivity contribution < 1.29 is 29.2 Å². The third-order valence-electron chi connectivity index (χ3n) is 4.13. The van der Waals surface area contributed by atoms with Crippen LogP contribution in [0.1, 0.15) is 25.8 Å². The van der Waals surface area contributed by atoms with Gasteiger partial charge in [0.05, 0.1) is 16.2 Å². The maximum atomic E-state index is 12.1. The number of carbonyl (C=O) groups is 3. The number of amides is 1. The number of rotatable bonds is 9. The van der Waals surface area contributed by atoms with Crippen LogP contribution in [-0.4, -0.2) is 55.9 Å². The van der Waals surface area contributed by atoms with Crippen LogP contribution in [-0.2, 0) is 25.7 Å². The molecule has 0 bridgehead atoms. The molecule has 0 saturated carbocycles. The first kappa shape index (κ1) is 20.8. The summed E-state index contributed by atoms with van der Waals surface area (Å²) in [5.74, 6) is -0.919. The minimum Gasteiger partial charge on any atom is -0.457 e. The minimum absolute atomic E-state index is 0.0872. The molecule has 10 heteroatoms. The first-order valence-electron chi connectivity index (χ1n) is 8.27. The van der Waals surface area contributed by atoms with E-state index in [1.54, 1.807) is 0 Å². The number of hydrogen-bond donors (Lipinski definition) is 1. The number of nitro groups is 1. The summed E-state index contributed by atoms with van der Waals surface area (Å²) in [4.78, 5) is 46.8. The molecule has 0 radical (unpaired) electrons. The van der Waals surface area contributed by atoms with Crippen molar-refractivity contribution in [1.29, 1.82) is 0 Å². The predicted octanol–water partition coefficient (Wildman–Crippen LogP) is 1.27. The fraction of sp³-hybridized carbons (Fsp3) is 0.471. The van der Waals surface area contributed by atoms with Crippen molar-refractivity contribution in [3.63, 3.8) is 0 Å². The van der Waals surface area contributed by atoms with Crippen LogP contribution in [0.3, 0.4) is 0 Å². The molecule has 9 nitrogen and oxygen atoms in total. The highest BCUT2D eigenvalue weighted by atomic mass is 32.2. The molecular formula is C17H20N2O7S. The summed E-state index contributed by atoms with van der Waals surface area (Å²) in [6.07, 6.45) is -1.71. The monoisotopic (exact) mass is 396 g/mol. The number of Topliss-reactive ketones (excluding diaryl/α,β-unsaturated/α-hetero) is 1. The van der Waals surface area contributed by atoms with Crippen LogP contribution >= 0.6 is 11.8 Å². The number of nitrogens with zero attached hydrogens (tertiary/aromatic N) is 2. The van der Waals surface area contributed by atoms with Gasteiger partial charge in [0.2, 0.25) is 12.1 Å². The van der Waals surface area contributed by atoms with E-state index in [-0.39, 0.29) is 24.5 Å². The highest BCUT2D eigenvalue weighted by molar-refractivity contribution is 8.00. The Morgan fingerprint density at radius 3 is 2.52 bits per heavy atom. The van der Waals surface area contributed by atoms with Gasteiger partial charge in [-0.2, -0.15) is 0 Å². The summed E-state index contributed by atoms with van der Waals surface area (Å²) in [5.41, 5.74) is 0.401. The molecule has 0 aliphatic carbocycles. The van der Waals surface area contributed by atoms with Gasteiger partial charge in [-0.3, -0.25) is 19.7 Å². The third-order valence-corrected chi connectivity index (χ3v) is 5.47. The number of ketones is 1. The summed E-state index contributed by atoms with van der Waals surface area (Å²) in [6.45, 7) is 3.08. The van der Waals surface area contributed by atoms with Gasteiger partial charge in [0.25, 0.3) is 5.69 Å². The second-order valence-corrected chi connectivity index (χ2v) is 7.38. The van der Waals surface area contributed by atoms with Gasteiger partial charge in [0, 0.05) is 18.6 Å². The Kier molecular flexibility index (Phi) is 6.92. The van der Waals surface area contributed by atoms with Crippen molar-refractivity contribution in [3.05, 3.63) is 39.9 Å². The van der Waals surface area contributed by atoms with Crippen LogP contribution < -0.4 is 0 Å². The topological polar surface area (TPSA) is 127 Å². The lowest BCUT2D eigenvalue weighted by Crippen LogP contribution is -2.64. The van der Waals surface area contributed by atoms with Crippen molar-refractivity contribution >= 4 is 35.1 Å². The number of hydrogen-bond acceptors (Lipinski definition) is 8. The number of ether oxygens (including phenoxy) is 1. The van der Waals surface area contributed by atoms with Crippen molar-refractivity contribution in [1.82, 2.24) is 4.90 Å². The number of aliphatic hydroxyl groups excluding tert-OH is 1. The molecule has 0 spiro atoms. The van der Waals surface area contributed by atoms with E-state index >= 15 is 0 Å². The summed E-state index contributed by atoms with van der Waals surface area (Å²) < 4.78 is 5.00. The number of benzene rings is 1. The van der Waals surface area contributed by atoms with Gasteiger partial charge in [0.1, 0.15) is 12.4 Å². The Balaban J connectivity index is 1.97. The molecule has 1 aromatic carbocycles. The van der Waals surface area contributed by atoms with Gasteiger partial charge in [-0.25, -0.2) is 4.79 Å². The number of thioether (sulfide) groups is 1. The zero-order valence-electron chi connectivity index (χ0n) is 14.9. The number of aliphatic hydroxyl groups is 1. The average Bonchev–Trinajstić information content (AvgIpc) is 2.62. The van der Waals surface area contributed by atoms with Crippen molar-refractivity contribution in [2.45, 2.75) is 44.4 Å². The molecular weight excluding hydrogens is 376 g/mol. The second-order valence-electron chi connectivity index (χ2n) is 5.96. The Morgan fingerprint density at radius 1 is 1.41 bits per heavy atom. The van der Waals surface area contributed by atoms with Crippen LogP contribution in [0.5, 0.6) is 0 Å². The number of esters is 1. The summed E-state index contributed by atoms with van der Waals surface area (Å²) in [6, 6.07) is 4.85. The molecule has 146 valence electrons. The van der Waals surface area contributed by atoms with E-state index in [1.807, 2.05) is 6.92 Å². The number of likely N-dealkylation sites (tertiary alicyclic amines) is 1. The molecule has 2 rings (SSSR count). The lowest BCUT2D eigenvalue weighted by molar-refractivity contribution is -0.384. The molecule has 1 amide bonds. The molecule has 1 aliphatic rings. The van der Waals surface area contributed by atoms with E-state index in [9.17, 15) is 29.6 Å². The fourth-order valence-corrected chi connectivity index (χ4v) is 3.80. The molecule has 0 aromatic heterocycles. The van der Waals surface area contributed by atoms with Gasteiger partial charge in [-0.15, -0.1) is 11.8 Å². The highest BCUT2D eigenvalue weighted by Gasteiger charge is 2.48. The third kappa shape index (κ3) is 4.83. The molecule has 1 N–H and O–H groups in total. The number of non-ortho nitro benzene ring substituents is 1. The molecule has 1 aliphatic heterocycles. The molecule has 1 heterocycles. The molecule has 1 aromatic rings. The summed E-state index contributed by atoms with van der Waals surface area (Å²) >= 11 is 1.36. The largest absolute Gasteiger partial charge is 0.457 e. The summed E-state index contributed by atoms with van der Waals surface area (Å²) in [5, 5.41) is 20.3. The fourth-order valence-electron chi connectivity index (χ4n) is 2.76. The van der Waals surface area contributed by atoms with Gasteiger partial charge in [-0.05, 0) is 30.4 Å².